The maximum Gasteiger partial charge on any atom is 0.502 e. The number of rotatable bonds is 5. The highest BCUT2D eigenvalue weighted by molar-refractivity contribution is 7.90. The maximum atomic E-state index is 13.8. The van der Waals surface area contributed by atoms with Crippen LogP contribution < -0.4 is 5.46 Å². The molecule has 0 bridgehead atoms. The van der Waals surface area contributed by atoms with Gasteiger partial charge in [0.2, 0.25) is 10.0 Å². The first kappa shape index (κ1) is 22.7. The van der Waals surface area contributed by atoms with E-state index in [1.165, 1.54) is 4.22 Å². The smallest absolute Gasteiger partial charge is 0.502 e. The van der Waals surface area contributed by atoms with Gasteiger partial charge < -0.3 is 4.65 Å². The van der Waals surface area contributed by atoms with Gasteiger partial charge in [0.25, 0.3) is 0 Å². The summed E-state index contributed by atoms with van der Waals surface area (Å²) in [5.74, 6) is -0.580. The Hall–Kier alpha value is -3.13. The Labute approximate surface area is 204 Å². The molecule has 0 radical (unpaired) electrons. The van der Waals surface area contributed by atoms with Gasteiger partial charge in [-0.1, -0.05) is 83.9 Å². The highest BCUT2D eigenvalue weighted by Crippen LogP contribution is 2.29. The molecule has 170 valence electrons. The van der Waals surface area contributed by atoms with E-state index in [4.69, 9.17) is 16.3 Å². The largest absolute Gasteiger partial charge is 0.514 e. The fourth-order valence-corrected chi connectivity index (χ4v) is 6.00. The van der Waals surface area contributed by atoms with Gasteiger partial charge >= 0.3 is 13.0 Å². The number of hydrogen-bond donors (Lipinski definition) is 0. The van der Waals surface area contributed by atoms with Gasteiger partial charge in [0.1, 0.15) is 6.04 Å². The molecule has 34 heavy (non-hydrogen) atoms. The molecule has 0 unspecified atom stereocenters. The molecule has 1 atom stereocenters. The van der Waals surface area contributed by atoms with Gasteiger partial charge in [0, 0.05) is 5.02 Å². The monoisotopic (exact) mass is 489 g/mol. The van der Waals surface area contributed by atoms with E-state index in [1.54, 1.807) is 48.5 Å². The molecule has 0 N–H and O–H groups in total. The molecule has 0 aliphatic carbocycles. The van der Waals surface area contributed by atoms with Crippen LogP contribution in [-0.4, -0.2) is 31.7 Å². The van der Waals surface area contributed by atoms with Crippen molar-refractivity contribution in [3.63, 3.8) is 0 Å². The molecule has 8 heteroatoms. The molecule has 0 spiro atoms. The number of carbonyl (C=O) groups excluding carboxylic acids is 1. The van der Waals surface area contributed by atoms with Crippen molar-refractivity contribution in [1.29, 1.82) is 0 Å². The van der Waals surface area contributed by atoms with Gasteiger partial charge in [-0.15, -0.1) is 0 Å². The molecule has 1 fully saturated rings. The van der Waals surface area contributed by atoms with Crippen LogP contribution in [0.2, 0.25) is 5.02 Å². The molecule has 4 aromatic carbocycles. The molecule has 5 nitrogen and oxygen atoms in total. The molecular weight excluding hydrogens is 469 g/mol. The Morgan fingerprint density at radius 1 is 0.912 bits per heavy atom. The first-order chi connectivity index (χ1) is 16.3. The van der Waals surface area contributed by atoms with Gasteiger partial charge in [0.05, 0.1) is 4.90 Å². The summed E-state index contributed by atoms with van der Waals surface area (Å²) in [4.78, 5) is 13.2. The minimum atomic E-state index is -4.05. The molecule has 0 amide bonds. The number of halogens is 1. The van der Waals surface area contributed by atoms with Crippen LogP contribution >= 0.6 is 11.6 Å². The second-order valence-electron chi connectivity index (χ2n) is 8.39. The number of fused-ring (bicyclic) bond motifs is 1. The number of benzene rings is 4. The predicted molar refractivity (Wildman–Crippen MR) is 135 cm³/mol. The number of sulfonamides is 1. The van der Waals surface area contributed by atoms with Crippen molar-refractivity contribution >= 4 is 50.9 Å². The third-order valence-corrected chi connectivity index (χ3v) is 8.15. The van der Waals surface area contributed by atoms with Crippen LogP contribution in [0.3, 0.4) is 0 Å². The zero-order valence-electron chi connectivity index (χ0n) is 18.4. The van der Waals surface area contributed by atoms with E-state index in [1.807, 2.05) is 49.4 Å². The van der Waals surface area contributed by atoms with E-state index in [9.17, 15) is 13.2 Å². The topological polar surface area (TPSA) is 63.7 Å². The highest BCUT2D eigenvalue weighted by atomic mass is 35.5. The number of aryl methyl sites for hydroxylation is 1. The summed E-state index contributed by atoms with van der Waals surface area (Å²) in [7, 11) is -5.13. The van der Waals surface area contributed by atoms with E-state index in [0.717, 1.165) is 21.9 Å². The molecule has 1 aliphatic heterocycles. The van der Waals surface area contributed by atoms with E-state index in [2.05, 4.69) is 0 Å². The van der Waals surface area contributed by atoms with Crippen LogP contribution in [0.1, 0.15) is 11.1 Å². The highest BCUT2D eigenvalue weighted by Gasteiger charge is 2.53. The number of nitrogens with zero attached hydrogens (tertiary/aromatic N) is 1. The van der Waals surface area contributed by atoms with Crippen LogP contribution in [0.15, 0.2) is 95.9 Å². The van der Waals surface area contributed by atoms with Gasteiger partial charge in [-0.2, -0.15) is 4.22 Å². The lowest BCUT2D eigenvalue weighted by molar-refractivity contribution is -0.134. The van der Waals surface area contributed by atoms with Crippen molar-refractivity contribution in [3.05, 3.63) is 107 Å². The van der Waals surface area contributed by atoms with Crippen molar-refractivity contribution in [2.24, 2.45) is 0 Å². The first-order valence-corrected chi connectivity index (χ1v) is 12.7. The Morgan fingerprint density at radius 3 is 2.29 bits per heavy atom. The Balaban J connectivity index is 1.58. The number of hydrogen-bond acceptors (Lipinski definition) is 4. The fraction of sp³-hybridized carbons (Fsp3) is 0.115. The van der Waals surface area contributed by atoms with Crippen LogP contribution in [0.25, 0.3) is 10.8 Å². The third kappa shape index (κ3) is 4.22. The average Bonchev–Trinajstić information content (AvgIpc) is 3.16. The van der Waals surface area contributed by atoms with Crippen molar-refractivity contribution in [3.8, 4) is 0 Å². The van der Waals surface area contributed by atoms with Crippen molar-refractivity contribution < 1.29 is 17.9 Å². The van der Waals surface area contributed by atoms with E-state index in [-0.39, 0.29) is 11.3 Å². The van der Waals surface area contributed by atoms with Crippen LogP contribution in [0.5, 0.6) is 0 Å². The summed E-state index contributed by atoms with van der Waals surface area (Å²) in [6, 6.07) is 26.0. The zero-order valence-corrected chi connectivity index (χ0v) is 20.0. The Morgan fingerprint density at radius 2 is 1.59 bits per heavy atom. The standard InChI is InChI=1S/C26H21BClNO4S/c1-18-6-14-24(15-7-18)34(31,32)29-25(17-19-8-9-20-4-2-3-5-21(20)16-19)26(30)33-27(29)22-10-12-23(28)13-11-22/h2-16,25H,17H2,1H3/t25-/m0/s1. The summed E-state index contributed by atoms with van der Waals surface area (Å²) in [5, 5.41) is 2.60. The minimum Gasteiger partial charge on any atom is -0.514 e. The summed E-state index contributed by atoms with van der Waals surface area (Å²) in [6.45, 7) is 1.89. The molecule has 1 heterocycles. The van der Waals surface area contributed by atoms with Crippen molar-refractivity contribution in [2.45, 2.75) is 24.3 Å². The first-order valence-electron chi connectivity index (χ1n) is 10.9. The molecular formula is C26H21BClNO4S. The lowest BCUT2D eigenvalue weighted by Crippen LogP contribution is -2.51. The second-order valence-corrected chi connectivity index (χ2v) is 10.7. The van der Waals surface area contributed by atoms with Gasteiger partial charge in [-0.25, -0.2) is 8.42 Å². The lowest BCUT2D eigenvalue weighted by Gasteiger charge is -2.24. The predicted octanol–water partition coefficient (Wildman–Crippen LogP) is 4.36. The molecule has 1 aliphatic rings. The van der Waals surface area contributed by atoms with E-state index < -0.39 is 29.1 Å². The second kappa shape index (κ2) is 8.91. The van der Waals surface area contributed by atoms with Gasteiger partial charge in [0.15, 0.2) is 0 Å². The number of carbonyl (C=O) groups is 1. The molecule has 4 aromatic rings. The van der Waals surface area contributed by atoms with Crippen LogP contribution in [-0.2, 0) is 25.9 Å². The minimum absolute atomic E-state index is 0.110. The van der Waals surface area contributed by atoms with E-state index in [0.29, 0.717) is 10.5 Å². The van der Waals surface area contributed by atoms with Crippen molar-refractivity contribution in [2.75, 3.05) is 0 Å². The maximum absolute atomic E-state index is 13.8. The zero-order chi connectivity index (χ0) is 23.9. The molecule has 5 rings (SSSR count). The van der Waals surface area contributed by atoms with E-state index >= 15 is 0 Å². The molecule has 0 aromatic heterocycles. The summed E-state index contributed by atoms with van der Waals surface area (Å²) in [5.41, 5.74) is 2.32. The quantitative estimate of drug-likeness (QED) is 0.391. The molecule has 1 saturated heterocycles. The lowest BCUT2D eigenvalue weighted by atomic mass is 9.74. The van der Waals surface area contributed by atoms with Crippen LogP contribution in [0, 0.1) is 6.92 Å². The normalized spacial score (nSPS) is 16.7. The van der Waals surface area contributed by atoms with Crippen molar-refractivity contribution in [1.82, 2.24) is 4.22 Å². The summed E-state index contributed by atoms with van der Waals surface area (Å²) < 4.78 is 34.5. The summed E-state index contributed by atoms with van der Waals surface area (Å²) >= 11 is 6.03. The summed E-state index contributed by atoms with van der Waals surface area (Å²) in [6.07, 6.45) is 0.193. The Kier molecular flexibility index (Phi) is 5.94. The Bertz CT molecular complexity index is 1470. The van der Waals surface area contributed by atoms with Gasteiger partial charge in [-0.05, 0) is 59.4 Å². The third-order valence-electron chi connectivity index (χ3n) is 6.03. The SMILES string of the molecule is Cc1ccc(S(=O)(=O)N2B(c3ccc(Cl)cc3)OC(=O)[C@@H]2Cc2ccc3ccccc3c2)cc1. The van der Waals surface area contributed by atoms with Crippen LogP contribution in [0.4, 0.5) is 0 Å². The average molecular weight is 490 g/mol. The molecule has 0 saturated carbocycles. The fourth-order valence-electron chi connectivity index (χ4n) is 4.24. The van der Waals surface area contributed by atoms with Gasteiger partial charge in [-0.3, -0.25) is 4.79 Å².